The number of hydrogen-bond donors (Lipinski definition) is 1. The molecule has 1 aromatic rings. The molecule has 0 radical (unpaired) electrons. The highest BCUT2D eigenvalue weighted by Crippen LogP contribution is 2.28. The van der Waals surface area contributed by atoms with Crippen LogP contribution in [0.4, 0.5) is 0 Å². The van der Waals surface area contributed by atoms with Gasteiger partial charge in [-0.3, -0.25) is 4.79 Å². The van der Waals surface area contributed by atoms with E-state index in [0.717, 1.165) is 12.8 Å². The van der Waals surface area contributed by atoms with Crippen molar-refractivity contribution in [2.24, 2.45) is 0 Å². The third kappa shape index (κ3) is 4.98. The quantitative estimate of drug-likeness (QED) is 0.584. The molecule has 0 aliphatic heterocycles. The number of hydrogen-bond acceptors (Lipinski definition) is 5. The molecule has 0 saturated carbocycles. The van der Waals surface area contributed by atoms with E-state index < -0.39 is 5.97 Å². The Morgan fingerprint density at radius 3 is 2.29 bits per heavy atom. The van der Waals surface area contributed by atoms with E-state index in [1.165, 1.54) is 14.2 Å². The Labute approximate surface area is 124 Å². The lowest BCUT2D eigenvalue weighted by Gasteiger charge is -2.12. The minimum Gasteiger partial charge on any atom is -0.496 e. The molecule has 1 N–H and O–H groups in total. The predicted molar refractivity (Wildman–Crippen MR) is 77.7 cm³/mol. The van der Waals surface area contributed by atoms with Gasteiger partial charge in [-0.1, -0.05) is 19.4 Å². The van der Waals surface area contributed by atoms with Gasteiger partial charge in [0.05, 0.1) is 14.2 Å². The van der Waals surface area contributed by atoms with E-state index in [4.69, 9.17) is 14.2 Å². The van der Waals surface area contributed by atoms with Gasteiger partial charge in [-0.05, 0) is 18.6 Å². The van der Waals surface area contributed by atoms with Crippen molar-refractivity contribution < 1.29 is 23.8 Å². The molecule has 1 rings (SSSR count). The van der Waals surface area contributed by atoms with Gasteiger partial charge in [0.1, 0.15) is 17.1 Å². The number of unbranched alkanes of at least 4 members (excludes halogenated alkanes) is 1. The van der Waals surface area contributed by atoms with Crippen LogP contribution < -0.4 is 14.8 Å². The van der Waals surface area contributed by atoms with Gasteiger partial charge in [0, 0.05) is 6.54 Å². The molecule has 0 bridgehead atoms. The van der Waals surface area contributed by atoms with Gasteiger partial charge < -0.3 is 19.5 Å². The Hall–Kier alpha value is -2.24. The minimum absolute atomic E-state index is 0.170. The molecule has 116 valence electrons. The second kappa shape index (κ2) is 8.84. The van der Waals surface area contributed by atoms with E-state index in [2.05, 4.69) is 5.32 Å². The monoisotopic (exact) mass is 295 g/mol. The van der Waals surface area contributed by atoms with Crippen molar-refractivity contribution in [2.75, 3.05) is 27.4 Å². The third-order valence-corrected chi connectivity index (χ3v) is 2.82. The van der Waals surface area contributed by atoms with Gasteiger partial charge in [0.25, 0.3) is 5.91 Å². The van der Waals surface area contributed by atoms with Crippen LogP contribution in [-0.4, -0.2) is 39.2 Å². The lowest BCUT2D eigenvalue weighted by Crippen LogP contribution is -2.29. The van der Waals surface area contributed by atoms with Crippen LogP contribution in [0.2, 0.25) is 0 Å². The predicted octanol–water partition coefficient (Wildman–Crippen LogP) is 1.78. The molecule has 0 unspecified atom stereocenters. The summed E-state index contributed by atoms with van der Waals surface area (Å²) in [5.74, 6) is -0.308. The highest BCUT2D eigenvalue weighted by molar-refractivity contribution is 5.96. The van der Waals surface area contributed by atoms with Gasteiger partial charge in [0.15, 0.2) is 6.61 Å². The maximum Gasteiger partial charge on any atom is 0.346 e. The first kappa shape index (κ1) is 16.8. The molecule has 0 spiro atoms. The van der Waals surface area contributed by atoms with Gasteiger partial charge in [0.2, 0.25) is 0 Å². The van der Waals surface area contributed by atoms with Crippen molar-refractivity contribution in [3.8, 4) is 11.5 Å². The molecule has 0 aliphatic rings. The van der Waals surface area contributed by atoms with Gasteiger partial charge >= 0.3 is 5.97 Å². The third-order valence-electron chi connectivity index (χ3n) is 2.82. The molecule has 6 nitrogen and oxygen atoms in total. The van der Waals surface area contributed by atoms with Gasteiger partial charge in [-0.25, -0.2) is 4.79 Å². The smallest absolute Gasteiger partial charge is 0.346 e. The highest BCUT2D eigenvalue weighted by Gasteiger charge is 2.20. The van der Waals surface area contributed by atoms with Crippen molar-refractivity contribution in [3.63, 3.8) is 0 Å². The molecule has 6 heteroatoms. The summed E-state index contributed by atoms with van der Waals surface area (Å²) in [6, 6.07) is 4.95. The number of rotatable bonds is 8. The molecular formula is C15H21NO5. The molecule has 0 saturated heterocycles. The summed E-state index contributed by atoms with van der Waals surface area (Å²) in [6.45, 7) is 2.27. The molecule has 0 heterocycles. The maximum absolute atomic E-state index is 12.1. The molecule has 1 aromatic carbocycles. The summed E-state index contributed by atoms with van der Waals surface area (Å²) in [5.41, 5.74) is 0.170. The Morgan fingerprint density at radius 1 is 1.14 bits per heavy atom. The van der Waals surface area contributed by atoms with Gasteiger partial charge in [-0.15, -0.1) is 0 Å². The Morgan fingerprint density at radius 2 is 1.76 bits per heavy atom. The van der Waals surface area contributed by atoms with E-state index in [-0.39, 0.29) is 18.1 Å². The summed E-state index contributed by atoms with van der Waals surface area (Å²) in [6.07, 6.45) is 1.87. The van der Waals surface area contributed by atoms with Crippen molar-refractivity contribution >= 4 is 11.9 Å². The van der Waals surface area contributed by atoms with Crippen LogP contribution in [0, 0.1) is 0 Å². The normalized spacial score (nSPS) is 9.86. The maximum atomic E-state index is 12.1. The second-order valence-electron chi connectivity index (χ2n) is 4.32. The van der Waals surface area contributed by atoms with Crippen LogP contribution in [0.25, 0.3) is 0 Å². The standard InChI is InChI=1S/C15H21NO5/c1-4-5-9-16-13(17)10-21-15(18)14-11(19-2)7-6-8-12(14)20-3/h6-8H,4-5,9-10H2,1-3H3,(H,16,17). The van der Waals surface area contributed by atoms with E-state index in [1.54, 1.807) is 18.2 Å². The number of ether oxygens (including phenoxy) is 3. The van der Waals surface area contributed by atoms with Crippen LogP contribution in [0.5, 0.6) is 11.5 Å². The van der Waals surface area contributed by atoms with Crippen molar-refractivity contribution in [1.29, 1.82) is 0 Å². The number of esters is 1. The van der Waals surface area contributed by atoms with E-state index >= 15 is 0 Å². The van der Waals surface area contributed by atoms with E-state index in [9.17, 15) is 9.59 Å². The zero-order valence-corrected chi connectivity index (χ0v) is 12.6. The second-order valence-corrected chi connectivity index (χ2v) is 4.32. The molecule has 1 amide bonds. The number of benzene rings is 1. The topological polar surface area (TPSA) is 73.9 Å². The fourth-order valence-corrected chi connectivity index (χ4v) is 1.71. The van der Waals surface area contributed by atoms with E-state index in [1.807, 2.05) is 6.92 Å². The van der Waals surface area contributed by atoms with E-state index in [0.29, 0.717) is 18.0 Å². The molecule has 0 atom stereocenters. The summed E-state index contributed by atoms with van der Waals surface area (Å²) in [4.78, 5) is 23.6. The number of carbonyl (C=O) groups is 2. The van der Waals surface area contributed by atoms with Crippen molar-refractivity contribution in [2.45, 2.75) is 19.8 Å². The first-order chi connectivity index (χ1) is 10.1. The fourth-order valence-electron chi connectivity index (χ4n) is 1.71. The fraction of sp³-hybridized carbons (Fsp3) is 0.467. The number of nitrogens with one attached hydrogen (secondary N) is 1. The van der Waals surface area contributed by atoms with Crippen LogP contribution in [-0.2, 0) is 9.53 Å². The lowest BCUT2D eigenvalue weighted by molar-refractivity contribution is -0.124. The van der Waals surface area contributed by atoms with Crippen molar-refractivity contribution in [3.05, 3.63) is 23.8 Å². The summed E-state index contributed by atoms with van der Waals surface area (Å²) >= 11 is 0. The number of carbonyl (C=O) groups excluding carboxylic acids is 2. The van der Waals surface area contributed by atoms with Crippen LogP contribution in [0.15, 0.2) is 18.2 Å². The first-order valence-electron chi connectivity index (χ1n) is 6.78. The Kier molecular flexibility index (Phi) is 7.08. The summed E-state index contributed by atoms with van der Waals surface area (Å²) < 4.78 is 15.2. The first-order valence-corrected chi connectivity index (χ1v) is 6.78. The molecule has 0 fully saturated rings. The minimum atomic E-state index is -0.657. The SMILES string of the molecule is CCCCNC(=O)COC(=O)c1c(OC)cccc1OC. The van der Waals surface area contributed by atoms with Crippen LogP contribution in [0.1, 0.15) is 30.1 Å². The molecule has 0 aliphatic carbocycles. The lowest BCUT2D eigenvalue weighted by atomic mass is 10.2. The highest BCUT2D eigenvalue weighted by atomic mass is 16.5. The van der Waals surface area contributed by atoms with Crippen molar-refractivity contribution in [1.82, 2.24) is 5.32 Å². The Balaban J connectivity index is 2.65. The zero-order chi connectivity index (χ0) is 15.7. The summed E-state index contributed by atoms with van der Waals surface area (Å²) in [5, 5.41) is 2.67. The zero-order valence-electron chi connectivity index (χ0n) is 12.6. The largest absolute Gasteiger partial charge is 0.496 e. The Bertz CT molecular complexity index is 465. The molecular weight excluding hydrogens is 274 g/mol. The average molecular weight is 295 g/mol. The number of methoxy groups -OCH3 is 2. The number of amides is 1. The molecule has 21 heavy (non-hydrogen) atoms. The average Bonchev–Trinajstić information content (AvgIpc) is 2.51. The van der Waals surface area contributed by atoms with Gasteiger partial charge in [-0.2, -0.15) is 0 Å². The summed E-state index contributed by atoms with van der Waals surface area (Å²) in [7, 11) is 2.89. The van der Waals surface area contributed by atoms with Crippen LogP contribution in [0.3, 0.4) is 0 Å². The molecule has 0 aromatic heterocycles. The van der Waals surface area contributed by atoms with Crippen LogP contribution >= 0.6 is 0 Å².